The Balaban J connectivity index is 2.11. The van der Waals surface area contributed by atoms with Gasteiger partial charge >= 0.3 is 0 Å². The third-order valence-electron chi connectivity index (χ3n) is 3.66. The molecule has 1 aliphatic rings. The maximum atomic E-state index is 5.99. The van der Waals surface area contributed by atoms with E-state index >= 15 is 0 Å². The first-order valence-electron chi connectivity index (χ1n) is 8.15. The molecule has 126 valence electrons. The van der Waals surface area contributed by atoms with Gasteiger partial charge < -0.3 is 4.74 Å². The molecule has 0 bridgehead atoms. The average molecular weight is 369 g/mol. The molecular formula is C17H24N2OS3. The Morgan fingerprint density at radius 3 is 2.78 bits per heavy atom. The van der Waals surface area contributed by atoms with Crippen LogP contribution in [0, 0.1) is 0 Å². The molecule has 0 fully saturated rings. The second-order valence-electron chi connectivity index (χ2n) is 6.74. The molecule has 0 aliphatic carbocycles. The summed E-state index contributed by atoms with van der Waals surface area (Å²) < 4.78 is 5.99. The van der Waals surface area contributed by atoms with Gasteiger partial charge in [0.1, 0.15) is 9.86 Å². The topological polar surface area (TPSA) is 35.0 Å². The van der Waals surface area contributed by atoms with Crippen LogP contribution in [0.25, 0.3) is 10.2 Å². The summed E-state index contributed by atoms with van der Waals surface area (Å²) in [5.41, 5.74) is 1.31. The maximum absolute atomic E-state index is 5.99. The molecule has 0 saturated heterocycles. The standard InChI is InChI=1S/C17H24N2OS3/c1-6-7-21-16-18-14(22-10(2)3)13-11-8-17(4,5)20-9-12(11)23-15(13)19-16/h10H,6-9H2,1-5H3. The van der Waals surface area contributed by atoms with Crippen LogP contribution < -0.4 is 0 Å². The van der Waals surface area contributed by atoms with Gasteiger partial charge in [0.05, 0.1) is 12.2 Å². The first-order valence-corrected chi connectivity index (χ1v) is 10.8. The molecule has 0 radical (unpaired) electrons. The van der Waals surface area contributed by atoms with Crippen molar-refractivity contribution in [2.24, 2.45) is 0 Å². The van der Waals surface area contributed by atoms with Gasteiger partial charge in [-0.1, -0.05) is 32.5 Å². The summed E-state index contributed by atoms with van der Waals surface area (Å²) in [6, 6.07) is 0. The molecule has 0 aromatic carbocycles. The van der Waals surface area contributed by atoms with Crippen molar-refractivity contribution in [1.29, 1.82) is 0 Å². The summed E-state index contributed by atoms with van der Waals surface area (Å²) >= 11 is 5.40. The molecule has 2 aromatic rings. The molecule has 3 nitrogen and oxygen atoms in total. The minimum Gasteiger partial charge on any atom is -0.370 e. The van der Waals surface area contributed by atoms with Gasteiger partial charge in [0.15, 0.2) is 5.16 Å². The number of ether oxygens (including phenoxy) is 1. The summed E-state index contributed by atoms with van der Waals surface area (Å²) in [4.78, 5) is 12.2. The van der Waals surface area contributed by atoms with E-state index in [-0.39, 0.29) is 5.60 Å². The zero-order valence-corrected chi connectivity index (χ0v) is 16.9. The van der Waals surface area contributed by atoms with E-state index in [9.17, 15) is 0 Å². The molecule has 0 atom stereocenters. The number of hydrogen-bond acceptors (Lipinski definition) is 6. The van der Waals surface area contributed by atoms with Crippen molar-refractivity contribution in [3.05, 3.63) is 10.4 Å². The van der Waals surface area contributed by atoms with Crippen LogP contribution in [0.4, 0.5) is 0 Å². The van der Waals surface area contributed by atoms with Crippen molar-refractivity contribution in [2.75, 3.05) is 5.75 Å². The minimum atomic E-state index is -0.101. The highest BCUT2D eigenvalue weighted by Crippen LogP contribution is 2.43. The van der Waals surface area contributed by atoms with Gasteiger partial charge in [-0.05, 0) is 25.8 Å². The number of hydrogen-bond donors (Lipinski definition) is 0. The second-order valence-corrected chi connectivity index (χ2v) is 10.4. The highest BCUT2D eigenvalue weighted by molar-refractivity contribution is 8.00. The quantitative estimate of drug-likeness (QED) is 0.393. The van der Waals surface area contributed by atoms with Gasteiger partial charge in [0.25, 0.3) is 0 Å². The number of aromatic nitrogens is 2. The number of thiophene rings is 1. The smallest absolute Gasteiger partial charge is 0.190 e. The number of rotatable bonds is 5. The van der Waals surface area contributed by atoms with E-state index in [0.29, 0.717) is 11.9 Å². The van der Waals surface area contributed by atoms with E-state index in [1.165, 1.54) is 15.8 Å². The molecule has 0 saturated carbocycles. The molecule has 0 N–H and O–H groups in total. The average Bonchev–Trinajstić information content (AvgIpc) is 2.81. The predicted octanol–water partition coefficient (Wildman–Crippen LogP) is 5.55. The van der Waals surface area contributed by atoms with Crippen molar-refractivity contribution < 1.29 is 4.74 Å². The Bertz CT molecular complexity index is 709. The van der Waals surface area contributed by atoms with E-state index in [1.54, 1.807) is 23.1 Å². The Kier molecular flexibility index (Phi) is 5.26. The monoisotopic (exact) mass is 368 g/mol. The first-order chi connectivity index (χ1) is 10.9. The van der Waals surface area contributed by atoms with Gasteiger partial charge in [-0.25, -0.2) is 9.97 Å². The Morgan fingerprint density at radius 1 is 1.30 bits per heavy atom. The van der Waals surface area contributed by atoms with Gasteiger partial charge in [-0.3, -0.25) is 0 Å². The summed E-state index contributed by atoms with van der Waals surface area (Å²) in [6.45, 7) is 11.7. The van der Waals surface area contributed by atoms with Gasteiger partial charge in [0, 0.05) is 27.7 Å². The maximum Gasteiger partial charge on any atom is 0.190 e. The second kappa shape index (κ2) is 6.90. The molecule has 0 unspecified atom stereocenters. The number of thioether (sulfide) groups is 2. The van der Waals surface area contributed by atoms with Crippen LogP contribution in [0.15, 0.2) is 10.2 Å². The van der Waals surface area contributed by atoms with Crippen LogP contribution in [0.5, 0.6) is 0 Å². The van der Waals surface area contributed by atoms with Crippen LogP contribution in [0.2, 0.25) is 0 Å². The third kappa shape index (κ3) is 3.86. The molecule has 0 amide bonds. The number of nitrogens with zero attached hydrogens (tertiary/aromatic N) is 2. The number of fused-ring (bicyclic) bond motifs is 3. The fraction of sp³-hybridized carbons (Fsp3) is 0.647. The van der Waals surface area contributed by atoms with Gasteiger partial charge in [0.2, 0.25) is 0 Å². The van der Waals surface area contributed by atoms with Crippen LogP contribution in [0.3, 0.4) is 0 Å². The lowest BCUT2D eigenvalue weighted by Crippen LogP contribution is -2.31. The summed E-state index contributed by atoms with van der Waals surface area (Å²) in [5.74, 6) is 1.07. The molecule has 3 heterocycles. The lowest BCUT2D eigenvalue weighted by molar-refractivity contribution is -0.0379. The predicted molar refractivity (Wildman–Crippen MR) is 102 cm³/mol. The van der Waals surface area contributed by atoms with E-state index in [4.69, 9.17) is 14.7 Å². The van der Waals surface area contributed by atoms with Crippen molar-refractivity contribution in [2.45, 2.75) is 75.1 Å². The molecule has 1 aliphatic heterocycles. The lowest BCUT2D eigenvalue weighted by Gasteiger charge is -2.30. The molecule has 0 spiro atoms. The van der Waals surface area contributed by atoms with Crippen molar-refractivity contribution >= 4 is 45.1 Å². The molecular weight excluding hydrogens is 344 g/mol. The van der Waals surface area contributed by atoms with Crippen LogP contribution >= 0.6 is 34.9 Å². The van der Waals surface area contributed by atoms with Gasteiger partial charge in [-0.2, -0.15) is 0 Å². The third-order valence-corrected chi connectivity index (χ3v) is 6.80. The van der Waals surface area contributed by atoms with Crippen molar-refractivity contribution in [3.63, 3.8) is 0 Å². The molecule has 6 heteroatoms. The van der Waals surface area contributed by atoms with E-state index in [1.807, 2.05) is 11.8 Å². The lowest BCUT2D eigenvalue weighted by atomic mass is 9.95. The van der Waals surface area contributed by atoms with Gasteiger partial charge in [-0.15, -0.1) is 23.1 Å². The Labute approximate surface area is 151 Å². The molecule has 2 aromatic heterocycles. The van der Waals surface area contributed by atoms with E-state index in [2.05, 4.69) is 34.6 Å². The zero-order chi connectivity index (χ0) is 16.6. The van der Waals surface area contributed by atoms with Crippen LogP contribution in [-0.2, 0) is 17.8 Å². The SMILES string of the molecule is CCCSc1nc(SC(C)C)c2c3c(sc2n1)COC(C)(C)C3. The van der Waals surface area contributed by atoms with Crippen molar-refractivity contribution in [3.8, 4) is 0 Å². The highest BCUT2D eigenvalue weighted by atomic mass is 32.2. The summed E-state index contributed by atoms with van der Waals surface area (Å²) in [7, 11) is 0. The van der Waals surface area contributed by atoms with Crippen LogP contribution in [0.1, 0.15) is 51.5 Å². The van der Waals surface area contributed by atoms with E-state index < -0.39 is 0 Å². The zero-order valence-electron chi connectivity index (χ0n) is 14.4. The van der Waals surface area contributed by atoms with E-state index in [0.717, 1.165) is 33.6 Å². The fourth-order valence-corrected chi connectivity index (χ4v) is 5.56. The Morgan fingerprint density at radius 2 is 2.09 bits per heavy atom. The summed E-state index contributed by atoms with van der Waals surface area (Å²) in [5, 5.41) is 3.86. The Hall–Kier alpha value is -0.300. The fourth-order valence-electron chi connectivity index (χ4n) is 2.66. The summed E-state index contributed by atoms with van der Waals surface area (Å²) in [6.07, 6.45) is 2.08. The first kappa shape index (κ1) is 17.5. The normalized spacial score (nSPS) is 17.0. The highest BCUT2D eigenvalue weighted by Gasteiger charge is 2.31. The van der Waals surface area contributed by atoms with Crippen LogP contribution in [-0.4, -0.2) is 26.6 Å². The molecule has 3 rings (SSSR count). The largest absolute Gasteiger partial charge is 0.370 e. The van der Waals surface area contributed by atoms with Crippen molar-refractivity contribution in [1.82, 2.24) is 9.97 Å². The minimum absolute atomic E-state index is 0.101. The molecule has 23 heavy (non-hydrogen) atoms.